The van der Waals surface area contributed by atoms with E-state index in [-0.39, 0.29) is 20.4 Å². The number of hydrogen-bond donors (Lipinski definition) is 2. The molecular formula is C49H88N2. The molecule has 0 radical (unpaired) electrons. The van der Waals surface area contributed by atoms with Crippen molar-refractivity contribution in [1.82, 2.24) is 5.43 Å². The highest BCUT2D eigenvalue weighted by Gasteiger charge is 2.64. The van der Waals surface area contributed by atoms with Crippen LogP contribution >= 0.6 is 0 Å². The van der Waals surface area contributed by atoms with Crippen molar-refractivity contribution in [1.29, 1.82) is 0 Å². The summed E-state index contributed by atoms with van der Waals surface area (Å²) in [6, 6.07) is 0. The maximum atomic E-state index is 6.21. The van der Waals surface area contributed by atoms with E-state index in [9.17, 15) is 0 Å². The van der Waals surface area contributed by atoms with Crippen molar-refractivity contribution in [3.05, 3.63) is 61.3 Å². The van der Waals surface area contributed by atoms with E-state index in [2.05, 4.69) is 90.9 Å². The molecule has 0 aromatic heterocycles. The van der Waals surface area contributed by atoms with Gasteiger partial charge in [-0.2, -0.15) is 0 Å². The maximum Gasteiger partial charge on any atom is 0.0352 e. The standard InChI is InChI=1S/C32H50N2.C8H16.C3H6.C2H6.C2H2.2CH4/c1-5-22-8-10-23(11-9-22)24-14-18-30(3)26(21(24)2)15-19-31(4)27-16-20-32(34-33)17-6-7-28(32)25(27)12-13-29(30)31;1-4-7-8(5-2)6-3;1-3-2;2*1-2;;/h5,10,14,21-22,25-29,34H,1,6-9,11-13,15-20,33H2,2-4H3;4,8H,1,5-7H2,2-3H3;3H,1H2,2H3;1-2H3;1-2H;2*1H4. The zero-order chi connectivity index (χ0) is 36.8. The van der Waals surface area contributed by atoms with Crippen LogP contribution in [0.25, 0.3) is 0 Å². The quantitative estimate of drug-likeness (QED) is 0.120. The molecule has 0 saturated heterocycles. The van der Waals surface area contributed by atoms with E-state index in [4.69, 9.17) is 5.84 Å². The Morgan fingerprint density at radius 2 is 1.51 bits per heavy atom. The van der Waals surface area contributed by atoms with Gasteiger partial charge in [-0.25, -0.2) is 0 Å². The van der Waals surface area contributed by atoms with Crippen molar-refractivity contribution in [2.45, 2.75) is 179 Å². The predicted octanol–water partition coefficient (Wildman–Crippen LogP) is 14.5. The number of nitrogens with one attached hydrogen (secondary N) is 1. The van der Waals surface area contributed by atoms with Crippen LogP contribution in [-0.4, -0.2) is 5.54 Å². The molecule has 0 bridgehead atoms. The Labute approximate surface area is 321 Å². The first-order chi connectivity index (χ1) is 23.6. The molecule has 2 nitrogen and oxygen atoms in total. The lowest BCUT2D eigenvalue weighted by Crippen LogP contribution is -2.63. The molecule has 0 spiro atoms. The Balaban J connectivity index is 0.00000127. The van der Waals surface area contributed by atoms with Crippen LogP contribution in [0.2, 0.25) is 0 Å². The van der Waals surface area contributed by atoms with E-state index >= 15 is 0 Å². The normalized spacial score (nSPS) is 36.9. The lowest BCUT2D eigenvalue weighted by atomic mass is 9.38. The Bertz CT molecular complexity index is 1110. The Morgan fingerprint density at radius 3 is 2.02 bits per heavy atom. The van der Waals surface area contributed by atoms with Crippen LogP contribution in [0.1, 0.15) is 173 Å². The van der Waals surface area contributed by atoms with Crippen molar-refractivity contribution in [2.75, 3.05) is 0 Å². The molecule has 3 N–H and O–H groups in total. The van der Waals surface area contributed by atoms with E-state index in [1.807, 2.05) is 26.8 Å². The Hall–Kier alpha value is -1.82. The molecule has 10 atom stereocenters. The van der Waals surface area contributed by atoms with E-state index in [0.29, 0.717) is 16.7 Å². The van der Waals surface area contributed by atoms with Crippen molar-refractivity contribution >= 4 is 0 Å². The van der Waals surface area contributed by atoms with E-state index in [1.165, 1.54) is 103 Å². The molecule has 294 valence electrons. The summed E-state index contributed by atoms with van der Waals surface area (Å²) in [5.74, 6) is 12.9. The summed E-state index contributed by atoms with van der Waals surface area (Å²) in [5.41, 5.74) is 8.07. The summed E-state index contributed by atoms with van der Waals surface area (Å²) in [6.45, 7) is 29.5. The smallest absolute Gasteiger partial charge is 0.0352 e. The first-order valence-electron chi connectivity index (χ1n) is 20.6. The summed E-state index contributed by atoms with van der Waals surface area (Å²) in [4.78, 5) is 0. The number of nitrogens with two attached hydrogens (primary N) is 1. The topological polar surface area (TPSA) is 38.0 Å². The van der Waals surface area contributed by atoms with Crippen LogP contribution in [0.5, 0.6) is 0 Å². The lowest BCUT2D eigenvalue weighted by Gasteiger charge is -2.67. The molecule has 6 rings (SSSR count). The predicted molar refractivity (Wildman–Crippen MR) is 232 cm³/mol. The number of fused-ring (bicyclic) bond motifs is 7. The fourth-order valence-corrected chi connectivity index (χ4v) is 12.3. The molecule has 0 aromatic rings. The van der Waals surface area contributed by atoms with Gasteiger partial charge in [-0.3, -0.25) is 11.3 Å². The second-order valence-corrected chi connectivity index (χ2v) is 16.7. The fourth-order valence-electron chi connectivity index (χ4n) is 12.3. The first kappa shape index (κ1) is 49.2. The molecule has 51 heavy (non-hydrogen) atoms. The van der Waals surface area contributed by atoms with Gasteiger partial charge in [0.1, 0.15) is 0 Å². The van der Waals surface area contributed by atoms with Crippen LogP contribution in [0.15, 0.2) is 61.3 Å². The van der Waals surface area contributed by atoms with Crippen molar-refractivity contribution in [2.24, 2.45) is 64.0 Å². The van der Waals surface area contributed by atoms with Gasteiger partial charge < -0.3 is 0 Å². The fraction of sp³-hybridized carbons (Fsp3) is 0.755. The van der Waals surface area contributed by atoms with Crippen LogP contribution < -0.4 is 11.3 Å². The van der Waals surface area contributed by atoms with E-state index < -0.39 is 0 Å². The minimum Gasteiger partial charge on any atom is -0.271 e. The minimum absolute atomic E-state index is 0. The molecule has 4 fully saturated rings. The number of allylic oxidation sites excluding steroid dienone is 7. The lowest BCUT2D eigenvalue weighted by molar-refractivity contribution is -0.166. The average Bonchev–Trinajstić information content (AvgIpc) is 3.58. The van der Waals surface area contributed by atoms with Gasteiger partial charge >= 0.3 is 0 Å². The molecule has 0 amide bonds. The third-order valence-corrected chi connectivity index (χ3v) is 14.8. The van der Waals surface area contributed by atoms with E-state index in [0.717, 1.165) is 41.4 Å². The van der Waals surface area contributed by atoms with Gasteiger partial charge in [0.25, 0.3) is 0 Å². The maximum absolute atomic E-state index is 6.21. The van der Waals surface area contributed by atoms with Crippen LogP contribution in [0, 0.1) is 71.0 Å². The Morgan fingerprint density at radius 1 is 0.882 bits per heavy atom. The zero-order valence-electron chi connectivity index (χ0n) is 33.7. The molecule has 0 aromatic carbocycles. The molecule has 0 aliphatic heterocycles. The summed E-state index contributed by atoms with van der Waals surface area (Å²) < 4.78 is 0. The second-order valence-electron chi connectivity index (χ2n) is 16.7. The van der Waals surface area contributed by atoms with Gasteiger partial charge in [-0.1, -0.05) is 113 Å². The third-order valence-electron chi connectivity index (χ3n) is 14.8. The number of hydrazine groups is 1. The van der Waals surface area contributed by atoms with E-state index in [1.54, 1.807) is 17.2 Å². The number of rotatable bonds is 7. The van der Waals surface area contributed by atoms with Gasteiger partial charge in [0.05, 0.1) is 0 Å². The second kappa shape index (κ2) is 23.1. The molecule has 2 heteroatoms. The molecule has 6 aliphatic rings. The largest absolute Gasteiger partial charge is 0.271 e. The van der Waals surface area contributed by atoms with Gasteiger partial charge in [-0.15, -0.1) is 32.6 Å². The zero-order valence-corrected chi connectivity index (χ0v) is 33.7. The summed E-state index contributed by atoms with van der Waals surface area (Å²) in [6.07, 6.45) is 40.7. The summed E-state index contributed by atoms with van der Waals surface area (Å²) in [7, 11) is 0. The van der Waals surface area contributed by atoms with Gasteiger partial charge in [0.2, 0.25) is 0 Å². The first-order valence-corrected chi connectivity index (χ1v) is 20.6. The minimum atomic E-state index is 0. The monoisotopic (exact) mass is 705 g/mol. The highest BCUT2D eigenvalue weighted by Crippen LogP contribution is 2.70. The third kappa shape index (κ3) is 10.2. The average molecular weight is 705 g/mol. The van der Waals surface area contributed by atoms with Gasteiger partial charge in [0, 0.05) is 5.54 Å². The molecule has 4 saturated carbocycles. The van der Waals surface area contributed by atoms with Crippen LogP contribution in [0.4, 0.5) is 0 Å². The Kier molecular flexibility index (Phi) is 22.2. The van der Waals surface area contributed by atoms with Crippen LogP contribution in [0.3, 0.4) is 0 Å². The highest BCUT2D eigenvalue weighted by atomic mass is 15.3. The molecular weight excluding hydrogens is 617 g/mol. The molecule has 0 heterocycles. The number of terminal acetylenes is 1. The SMILES string of the molecule is C.C.C#C.C=CC.C=CC1CC=C(C2=CCC3(C)C(CCC4(C)C5CCC6(NN)CCCC6C5CCC34)C2C)CC1.C=CCC(CC)CC.CC. The molecule has 10 unspecified atom stereocenters. The van der Waals surface area contributed by atoms with Crippen molar-refractivity contribution < 1.29 is 0 Å². The summed E-state index contributed by atoms with van der Waals surface area (Å²) >= 11 is 0. The van der Waals surface area contributed by atoms with Crippen molar-refractivity contribution in [3.8, 4) is 12.8 Å². The summed E-state index contributed by atoms with van der Waals surface area (Å²) in [5, 5.41) is 0. The highest BCUT2D eigenvalue weighted by molar-refractivity contribution is 5.38. The van der Waals surface area contributed by atoms with Crippen LogP contribution in [-0.2, 0) is 0 Å². The van der Waals surface area contributed by atoms with Gasteiger partial charge in [-0.05, 0) is 160 Å². The number of hydrogen-bond acceptors (Lipinski definition) is 2. The molecule has 6 aliphatic carbocycles. The van der Waals surface area contributed by atoms with Crippen molar-refractivity contribution in [3.63, 3.8) is 0 Å². The van der Waals surface area contributed by atoms with Gasteiger partial charge in [0.15, 0.2) is 0 Å².